The lowest BCUT2D eigenvalue weighted by molar-refractivity contribution is 0.574. The zero-order chi connectivity index (χ0) is 12.7. The molecule has 0 radical (unpaired) electrons. The first-order valence-corrected chi connectivity index (χ1v) is 8.82. The summed E-state index contributed by atoms with van der Waals surface area (Å²) < 4.78 is 48.4. The molecule has 9 heteroatoms. The van der Waals surface area contributed by atoms with Crippen LogP contribution in [0.2, 0.25) is 0 Å². The highest BCUT2D eigenvalue weighted by molar-refractivity contribution is 7.89. The van der Waals surface area contributed by atoms with E-state index in [-0.39, 0.29) is 18.8 Å². The van der Waals surface area contributed by atoms with Crippen molar-refractivity contribution < 1.29 is 16.8 Å². The number of hydrogen-bond donors (Lipinski definition) is 2. The standard InChI is InChI=1S/C7H17ClN2O4S2/c1-15(11,12)9-5-3-6-10-16(13,14)7-2-4-8/h9-10H,2-7H2,1H3. The fourth-order valence-electron chi connectivity index (χ4n) is 0.890. The Morgan fingerprint density at radius 3 is 2.06 bits per heavy atom. The Bertz CT molecular complexity index is 379. The molecule has 0 aromatic rings. The monoisotopic (exact) mass is 292 g/mol. The van der Waals surface area contributed by atoms with E-state index in [2.05, 4.69) is 9.44 Å². The average molecular weight is 293 g/mol. The van der Waals surface area contributed by atoms with Crippen LogP contribution in [-0.2, 0) is 20.0 Å². The highest BCUT2D eigenvalue weighted by Gasteiger charge is 2.08. The van der Waals surface area contributed by atoms with Gasteiger partial charge in [0, 0.05) is 19.0 Å². The van der Waals surface area contributed by atoms with E-state index in [4.69, 9.17) is 11.6 Å². The van der Waals surface area contributed by atoms with E-state index in [9.17, 15) is 16.8 Å². The van der Waals surface area contributed by atoms with Crippen LogP contribution in [0.5, 0.6) is 0 Å². The molecule has 0 saturated heterocycles. The van der Waals surface area contributed by atoms with Gasteiger partial charge in [0.15, 0.2) is 0 Å². The van der Waals surface area contributed by atoms with Crippen molar-refractivity contribution in [3.05, 3.63) is 0 Å². The highest BCUT2D eigenvalue weighted by Crippen LogP contribution is 1.92. The lowest BCUT2D eigenvalue weighted by Crippen LogP contribution is -2.30. The summed E-state index contributed by atoms with van der Waals surface area (Å²) in [5.74, 6) is 0.298. The van der Waals surface area contributed by atoms with E-state index in [1.807, 2.05) is 0 Å². The van der Waals surface area contributed by atoms with Gasteiger partial charge in [-0.2, -0.15) is 0 Å². The minimum absolute atomic E-state index is 0.00396. The summed E-state index contributed by atoms with van der Waals surface area (Å²) in [6.45, 7) is 0.435. The first-order valence-electron chi connectivity index (χ1n) is 4.75. The Balaban J connectivity index is 3.66. The van der Waals surface area contributed by atoms with Gasteiger partial charge in [-0.1, -0.05) is 0 Å². The second-order valence-corrected chi connectivity index (χ2v) is 7.41. The molecule has 0 spiro atoms. The molecular formula is C7H17ClN2O4S2. The maximum atomic E-state index is 11.2. The van der Waals surface area contributed by atoms with Crippen molar-refractivity contribution >= 4 is 31.6 Å². The molecule has 2 N–H and O–H groups in total. The zero-order valence-electron chi connectivity index (χ0n) is 9.07. The summed E-state index contributed by atoms with van der Waals surface area (Å²) in [7, 11) is -6.47. The minimum Gasteiger partial charge on any atom is -0.215 e. The maximum absolute atomic E-state index is 11.2. The third kappa shape index (κ3) is 10.6. The summed E-state index contributed by atoms with van der Waals surface area (Å²) in [5, 5.41) is 0. The second-order valence-electron chi connectivity index (χ2n) is 3.28. The van der Waals surface area contributed by atoms with E-state index in [1.165, 1.54) is 0 Å². The van der Waals surface area contributed by atoms with Gasteiger partial charge in [0.1, 0.15) is 0 Å². The van der Waals surface area contributed by atoms with E-state index < -0.39 is 20.0 Å². The molecule has 6 nitrogen and oxygen atoms in total. The molecule has 0 aromatic carbocycles. The molecule has 0 bridgehead atoms. The number of halogens is 1. The van der Waals surface area contributed by atoms with Gasteiger partial charge in [0.05, 0.1) is 12.0 Å². The predicted molar refractivity (Wildman–Crippen MR) is 64.6 cm³/mol. The van der Waals surface area contributed by atoms with E-state index in [0.29, 0.717) is 18.7 Å². The summed E-state index contributed by atoms with van der Waals surface area (Å²) in [6, 6.07) is 0. The van der Waals surface area contributed by atoms with Crippen molar-refractivity contribution in [3.8, 4) is 0 Å². The van der Waals surface area contributed by atoms with Crippen LogP contribution in [0.15, 0.2) is 0 Å². The van der Waals surface area contributed by atoms with Gasteiger partial charge in [0.25, 0.3) is 0 Å². The van der Waals surface area contributed by atoms with Gasteiger partial charge in [0.2, 0.25) is 20.0 Å². The lowest BCUT2D eigenvalue weighted by atomic mass is 10.4. The van der Waals surface area contributed by atoms with Crippen LogP contribution in [0, 0.1) is 0 Å². The average Bonchev–Trinajstić information content (AvgIpc) is 2.12. The van der Waals surface area contributed by atoms with Crippen LogP contribution >= 0.6 is 11.6 Å². The van der Waals surface area contributed by atoms with Gasteiger partial charge >= 0.3 is 0 Å². The molecule has 0 amide bonds. The molecule has 0 fully saturated rings. The molecule has 0 aliphatic heterocycles. The number of sulfonamides is 2. The predicted octanol–water partition coefficient (Wildman–Crippen LogP) is -0.526. The first-order chi connectivity index (χ1) is 7.27. The Morgan fingerprint density at radius 2 is 1.56 bits per heavy atom. The smallest absolute Gasteiger partial charge is 0.211 e. The zero-order valence-corrected chi connectivity index (χ0v) is 11.5. The topological polar surface area (TPSA) is 92.3 Å². The lowest BCUT2D eigenvalue weighted by Gasteiger charge is -2.05. The van der Waals surface area contributed by atoms with Crippen molar-refractivity contribution in [2.24, 2.45) is 0 Å². The maximum Gasteiger partial charge on any atom is 0.211 e. The van der Waals surface area contributed by atoms with Gasteiger partial charge in [-0.05, 0) is 12.8 Å². The molecule has 0 heterocycles. The van der Waals surface area contributed by atoms with Gasteiger partial charge in [-0.25, -0.2) is 26.3 Å². The second kappa shape index (κ2) is 7.44. The molecular weight excluding hydrogens is 276 g/mol. The molecule has 0 aliphatic carbocycles. The molecule has 0 atom stereocenters. The molecule has 0 saturated carbocycles. The molecule has 0 aliphatic rings. The number of rotatable bonds is 9. The van der Waals surface area contributed by atoms with Crippen LogP contribution in [-0.4, -0.2) is 47.8 Å². The SMILES string of the molecule is CS(=O)(=O)NCCCNS(=O)(=O)CCCCl. The highest BCUT2D eigenvalue weighted by atomic mass is 35.5. The summed E-state index contributed by atoms with van der Waals surface area (Å²) in [4.78, 5) is 0. The Labute approximate surface area is 102 Å². The molecule has 0 rings (SSSR count). The van der Waals surface area contributed by atoms with Crippen LogP contribution in [0.25, 0.3) is 0 Å². The van der Waals surface area contributed by atoms with E-state index >= 15 is 0 Å². The van der Waals surface area contributed by atoms with Crippen molar-refractivity contribution in [2.45, 2.75) is 12.8 Å². The molecule has 0 unspecified atom stereocenters. The van der Waals surface area contributed by atoms with Gasteiger partial charge in [-0.15, -0.1) is 11.6 Å². The fourth-order valence-corrected chi connectivity index (χ4v) is 2.82. The van der Waals surface area contributed by atoms with Crippen molar-refractivity contribution in [1.82, 2.24) is 9.44 Å². The Hall–Kier alpha value is 0.110. The third-order valence-corrected chi connectivity index (χ3v) is 4.05. The van der Waals surface area contributed by atoms with Crippen LogP contribution < -0.4 is 9.44 Å². The molecule has 16 heavy (non-hydrogen) atoms. The fraction of sp³-hybridized carbons (Fsp3) is 1.00. The third-order valence-electron chi connectivity index (χ3n) is 1.59. The number of nitrogens with one attached hydrogen (secondary N) is 2. The summed E-state index contributed by atoms with van der Waals surface area (Å²) in [6.07, 6.45) is 1.86. The Morgan fingerprint density at radius 1 is 1.00 bits per heavy atom. The molecule has 98 valence electrons. The normalized spacial score (nSPS) is 12.9. The summed E-state index contributed by atoms with van der Waals surface area (Å²) in [5.41, 5.74) is 0. The van der Waals surface area contributed by atoms with E-state index in [1.54, 1.807) is 0 Å². The van der Waals surface area contributed by atoms with Crippen LogP contribution in [0.3, 0.4) is 0 Å². The van der Waals surface area contributed by atoms with Crippen LogP contribution in [0.4, 0.5) is 0 Å². The quantitative estimate of drug-likeness (QED) is 0.441. The van der Waals surface area contributed by atoms with Crippen molar-refractivity contribution in [1.29, 1.82) is 0 Å². The Kier molecular flexibility index (Phi) is 7.49. The largest absolute Gasteiger partial charge is 0.215 e. The van der Waals surface area contributed by atoms with Gasteiger partial charge < -0.3 is 0 Å². The van der Waals surface area contributed by atoms with Crippen molar-refractivity contribution in [2.75, 3.05) is 31.0 Å². The number of hydrogen-bond acceptors (Lipinski definition) is 4. The molecule has 0 aromatic heterocycles. The van der Waals surface area contributed by atoms with Crippen LogP contribution in [0.1, 0.15) is 12.8 Å². The first kappa shape index (κ1) is 16.1. The van der Waals surface area contributed by atoms with Crippen molar-refractivity contribution in [3.63, 3.8) is 0 Å². The van der Waals surface area contributed by atoms with E-state index in [0.717, 1.165) is 6.26 Å². The number of alkyl halides is 1. The minimum atomic E-state index is -3.27. The van der Waals surface area contributed by atoms with Gasteiger partial charge in [-0.3, -0.25) is 0 Å². The summed E-state index contributed by atoms with van der Waals surface area (Å²) >= 11 is 5.37.